The number of rotatable bonds is 3. The van der Waals surface area contributed by atoms with Crippen LogP contribution in [-0.2, 0) is 22.5 Å². The Morgan fingerprint density at radius 2 is 2.04 bits per heavy atom. The van der Waals surface area contributed by atoms with Crippen molar-refractivity contribution in [3.8, 4) is 0 Å². The first-order valence-electron chi connectivity index (χ1n) is 8.64. The van der Waals surface area contributed by atoms with Crippen molar-refractivity contribution in [2.24, 2.45) is 0 Å². The van der Waals surface area contributed by atoms with Crippen LogP contribution in [0.3, 0.4) is 0 Å². The molecule has 0 N–H and O–H groups in total. The highest BCUT2D eigenvalue weighted by molar-refractivity contribution is 5.96. The third-order valence-corrected chi connectivity index (χ3v) is 4.69. The van der Waals surface area contributed by atoms with E-state index in [0.29, 0.717) is 24.7 Å². The molecule has 1 aromatic carbocycles. The van der Waals surface area contributed by atoms with Gasteiger partial charge in [0.05, 0.1) is 6.10 Å². The fourth-order valence-electron chi connectivity index (χ4n) is 3.56. The SMILES string of the molecule is C[C@@H]1CN(C)C[C@H](c2nnc(CN3C(=O)CCc4ccccc43)o2)O1. The highest BCUT2D eigenvalue weighted by Gasteiger charge is 2.30. The molecule has 0 bridgehead atoms. The average molecular weight is 342 g/mol. The van der Waals surface area contributed by atoms with E-state index in [4.69, 9.17) is 9.15 Å². The van der Waals surface area contributed by atoms with E-state index in [-0.39, 0.29) is 18.1 Å². The van der Waals surface area contributed by atoms with Crippen molar-refractivity contribution in [2.75, 3.05) is 25.0 Å². The van der Waals surface area contributed by atoms with Crippen LogP contribution >= 0.6 is 0 Å². The van der Waals surface area contributed by atoms with Crippen LogP contribution in [0.4, 0.5) is 5.69 Å². The molecule has 7 heteroatoms. The Labute approximate surface area is 146 Å². The number of hydrogen-bond acceptors (Lipinski definition) is 6. The van der Waals surface area contributed by atoms with Crippen LogP contribution in [0.2, 0.25) is 0 Å². The largest absolute Gasteiger partial charge is 0.420 e. The maximum Gasteiger partial charge on any atom is 0.246 e. The molecule has 1 aromatic heterocycles. The van der Waals surface area contributed by atoms with Crippen molar-refractivity contribution in [3.05, 3.63) is 41.6 Å². The molecule has 2 aromatic rings. The number of hydrogen-bond donors (Lipinski definition) is 0. The van der Waals surface area contributed by atoms with E-state index >= 15 is 0 Å². The van der Waals surface area contributed by atoms with Gasteiger partial charge in [0.2, 0.25) is 17.7 Å². The Kier molecular flexibility index (Phi) is 4.27. The second kappa shape index (κ2) is 6.57. The summed E-state index contributed by atoms with van der Waals surface area (Å²) in [6.45, 7) is 3.93. The fourth-order valence-corrected chi connectivity index (χ4v) is 3.56. The topological polar surface area (TPSA) is 71.7 Å². The number of morpholine rings is 1. The molecule has 0 aliphatic carbocycles. The lowest BCUT2D eigenvalue weighted by Crippen LogP contribution is -2.40. The summed E-state index contributed by atoms with van der Waals surface area (Å²) in [5.74, 6) is 0.997. The van der Waals surface area contributed by atoms with Gasteiger partial charge in [-0.25, -0.2) is 0 Å². The zero-order valence-corrected chi connectivity index (χ0v) is 14.5. The third-order valence-electron chi connectivity index (χ3n) is 4.69. The Hall–Kier alpha value is -2.25. The second-order valence-electron chi connectivity index (χ2n) is 6.80. The van der Waals surface area contributed by atoms with E-state index in [1.807, 2.05) is 32.2 Å². The van der Waals surface area contributed by atoms with Gasteiger partial charge in [0.25, 0.3) is 0 Å². The number of carbonyl (C=O) groups excluding carboxylic acids is 1. The number of ether oxygens (including phenoxy) is 1. The first-order valence-corrected chi connectivity index (χ1v) is 8.64. The van der Waals surface area contributed by atoms with Crippen molar-refractivity contribution in [1.29, 1.82) is 0 Å². The van der Waals surface area contributed by atoms with Gasteiger partial charge in [-0.2, -0.15) is 0 Å². The van der Waals surface area contributed by atoms with Crippen molar-refractivity contribution >= 4 is 11.6 Å². The standard InChI is InChI=1S/C18H22N4O3/c1-12-9-21(2)10-15(24-12)18-20-19-16(25-18)11-22-14-6-4-3-5-13(14)7-8-17(22)23/h3-6,12,15H,7-11H2,1-2H3/t12-,15-/m1/s1. The molecule has 4 rings (SSSR count). The van der Waals surface area contributed by atoms with Gasteiger partial charge in [-0.1, -0.05) is 18.2 Å². The van der Waals surface area contributed by atoms with Crippen LogP contribution in [0.15, 0.2) is 28.7 Å². The molecule has 3 heterocycles. The van der Waals surface area contributed by atoms with Gasteiger partial charge in [0.1, 0.15) is 12.6 Å². The molecular formula is C18H22N4O3. The molecule has 0 saturated carbocycles. The fraction of sp³-hybridized carbons (Fsp3) is 0.500. The summed E-state index contributed by atoms with van der Waals surface area (Å²) >= 11 is 0. The molecule has 1 amide bonds. The molecule has 2 atom stereocenters. The molecular weight excluding hydrogens is 320 g/mol. The summed E-state index contributed by atoms with van der Waals surface area (Å²) in [5, 5.41) is 8.28. The smallest absolute Gasteiger partial charge is 0.246 e. The maximum absolute atomic E-state index is 12.4. The summed E-state index contributed by atoms with van der Waals surface area (Å²) < 4.78 is 11.7. The molecule has 132 valence electrons. The Morgan fingerprint density at radius 1 is 1.20 bits per heavy atom. The minimum atomic E-state index is -0.223. The van der Waals surface area contributed by atoms with Crippen LogP contribution in [0, 0.1) is 0 Å². The molecule has 0 radical (unpaired) electrons. The number of likely N-dealkylation sites (N-methyl/N-ethyl adjacent to an activating group) is 1. The lowest BCUT2D eigenvalue weighted by molar-refractivity contribution is -0.119. The summed E-state index contributed by atoms with van der Waals surface area (Å²) in [6.07, 6.45) is 1.18. The number of aromatic nitrogens is 2. The molecule has 25 heavy (non-hydrogen) atoms. The van der Waals surface area contributed by atoms with Crippen LogP contribution in [-0.4, -0.2) is 47.2 Å². The van der Waals surface area contributed by atoms with Crippen molar-refractivity contribution in [2.45, 2.75) is 38.5 Å². The van der Waals surface area contributed by atoms with Gasteiger partial charge >= 0.3 is 0 Å². The van der Waals surface area contributed by atoms with Crippen LogP contribution in [0.5, 0.6) is 0 Å². The first-order chi connectivity index (χ1) is 12.1. The first kappa shape index (κ1) is 16.2. The molecule has 2 aliphatic heterocycles. The highest BCUT2D eigenvalue weighted by Crippen LogP contribution is 2.29. The predicted octanol–water partition coefficient (Wildman–Crippen LogP) is 1.94. The summed E-state index contributed by atoms with van der Waals surface area (Å²) in [5.41, 5.74) is 2.11. The third kappa shape index (κ3) is 3.29. The van der Waals surface area contributed by atoms with Crippen molar-refractivity contribution in [1.82, 2.24) is 15.1 Å². The normalized spacial score (nSPS) is 24.4. The highest BCUT2D eigenvalue weighted by atomic mass is 16.5. The van der Waals surface area contributed by atoms with Gasteiger partial charge in [0.15, 0.2) is 0 Å². The quantitative estimate of drug-likeness (QED) is 0.849. The van der Waals surface area contributed by atoms with E-state index < -0.39 is 0 Å². The van der Waals surface area contributed by atoms with E-state index in [0.717, 1.165) is 25.2 Å². The monoisotopic (exact) mass is 342 g/mol. The van der Waals surface area contributed by atoms with E-state index in [1.54, 1.807) is 4.90 Å². The van der Waals surface area contributed by atoms with Crippen molar-refractivity contribution in [3.63, 3.8) is 0 Å². The second-order valence-corrected chi connectivity index (χ2v) is 6.80. The molecule has 2 aliphatic rings. The number of nitrogens with zero attached hydrogens (tertiary/aromatic N) is 4. The molecule has 1 saturated heterocycles. The molecule has 1 fully saturated rings. The van der Waals surface area contributed by atoms with Crippen LogP contribution in [0.25, 0.3) is 0 Å². The van der Waals surface area contributed by atoms with Gasteiger partial charge in [0, 0.05) is 25.2 Å². The van der Waals surface area contributed by atoms with Crippen LogP contribution < -0.4 is 4.90 Å². The summed E-state index contributed by atoms with van der Waals surface area (Å²) in [7, 11) is 2.05. The predicted molar refractivity (Wildman–Crippen MR) is 91.0 cm³/mol. The number of fused-ring (bicyclic) bond motifs is 1. The van der Waals surface area contributed by atoms with Crippen LogP contribution in [0.1, 0.15) is 36.8 Å². The Morgan fingerprint density at radius 3 is 2.88 bits per heavy atom. The number of amides is 1. The molecule has 0 unspecified atom stereocenters. The Bertz CT molecular complexity index is 765. The number of aryl methyl sites for hydroxylation is 1. The number of anilines is 1. The van der Waals surface area contributed by atoms with Crippen molar-refractivity contribution < 1.29 is 13.9 Å². The zero-order chi connectivity index (χ0) is 17.4. The number of benzene rings is 1. The van der Waals surface area contributed by atoms with E-state index in [2.05, 4.69) is 21.2 Å². The lowest BCUT2D eigenvalue weighted by atomic mass is 10.0. The maximum atomic E-state index is 12.4. The summed E-state index contributed by atoms with van der Waals surface area (Å²) in [4.78, 5) is 16.3. The minimum absolute atomic E-state index is 0.0840. The number of carbonyl (C=O) groups is 1. The van der Waals surface area contributed by atoms with Gasteiger partial charge < -0.3 is 19.0 Å². The number of para-hydroxylation sites is 1. The van der Waals surface area contributed by atoms with E-state index in [9.17, 15) is 4.79 Å². The van der Waals surface area contributed by atoms with Gasteiger partial charge in [-0.15, -0.1) is 10.2 Å². The Balaban J connectivity index is 1.53. The summed E-state index contributed by atoms with van der Waals surface area (Å²) in [6, 6.07) is 7.96. The average Bonchev–Trinajstić information content (AvgIpc) is 3.05. The molecule has 0 spiro atoms. The van der Waals surface area contributed by atoms with Gasteiger partial charge in [-0.05, 0) is 32.0 Å². The minimum Gasteiger partial charge on any atom is -0.420 e. The zero-order valence-electron chi connectivity index (χ0n) is 14.5. The van der Waals surface area contributed by atoms with E-state index in [1.165, 1.54) is 5.56 Å². The molecule has 7 nitrogen and oxygen atoms in total. The lowest BCUT2D eigenvalue weighted by Gasteiger charge is -2.32. The van der Waals surface area contributed by atoms with Gasteiger partial charge in [-0.3, -0.25) is 4.79 Å².